The van der Waals surface area contributed by atoms with E-state index in [0.29, 0.717) is 11.4 Å². The molecule has 0 spiro atoms. The third-order valence-corrected chi connectivity index (χ3v) is 3.61. The molecule has 7 heteroatoms. The number of pyridine rings is 1. The van der Waals surface area contributed by atoms with Crippen molar-refractivity contribution >= 4 is 28.8 Å². The number of hydrogen-bond donors (Lipinski definition) is 0. The minimum absolute atomic E-state index is 0.0427. The van der Waals surface area contributed by atoms with Crippen LogP contribution in [0.5, 0.6) is 0 Å². The Bertz CT molecular complexity index is 682. The summed E-state index contributed by atoms with van der Waals surface area (Å²) in [6.07, 6.45) is -3.48. The molecule has 0 radical (unpaired) electrons. The second kappa shape index (κ2) is 5.06. The van der Waals surface area contributed by atoms with Gasteiger partial charge in [0.1, 0.15) is 0 Å². The molecular formula is C14H15Cl2F3N2. The molecule has 2 aromatic rings. The highest BCUT2D eigenvalue weighted by atomic mass is 35.5. The predicted molar refractivity (Wildman–Crippen MR) is 78.2 cm³/mol. The first-order valence-corrected chi connectivity index (χ1v) is 7.17. The lowest BCUT2D eigenvalue weighted by Gasteiger charge is -2.19. The Morgan fingerprint density at radius 1 is 1.24 bits per heavy atom. The van der Waals surface area contributed by atoms with E-state index in [1.807, 2.05) is 20.8 Å². The van der Waals surface area contributed by atoms with E-state index in [1.165, 1.54) is 4.40 Å². The number of aromatic nitrogens is 2. The molecule has 2 heterocycles. The van der Waals surface area contributed by atoms with Crippen LogP contribution in [0.3, 0.4) is 0 Å². The van der Waals surface area contributed by atoms with Crippen molar-refractivity contribution in [2.24, 2.45) is 0 Å². The number of rotatable bonds is 1. The van der Waals surface area contributed by atoms with Crippen LogP contribution in [0.25, 0.3) is 5.65 Å². The maximum Gasteiger partial charge on any atom is 0.417 e. The second-order valence-electron chi connectivity index (χ2n) is 5.98. The van der Waals surface area contributed by atoms with E-state index in [9.17, 15) is 13.2 Å². The Hall–Kier alpha value is -0.940. The summed E-state index contributed by atoms with van der Waals surface area (Å²) in [6, 6.07) is 0.888. The first-order valence-electron chi connectivity index (χ1n) is 6.36. The number of hydrogen-bond acceptors (Lipinski definition) is 1. The molecule has 116 valence electrons. The number of alkyl halides is 4. The maximum absolute atomic E-state index is 12.9. The Kier molecular flexibility index (Phi) is 3.96. The van der Waals surface area contributed by atoms with Crippen molar-refractivity contribution in [1.82, 2.24) is 9.38 Å². The van der Waals surface area contributed by atoms with Gasteiger partial charge in [0.15, 0.2) is 5.65 Å². The van der Waals surface area contributed by atoms with Crippen molar-refractivity contribution in [2.75, 3.05) is 0 Å². The molecule has 1 atom stereocenters. The van der Waals surface area contributed by atoms with Crippen molar-refractivity contribution in [3.8, 4) is 0 Å². The van der Waals surface area contributed by atoms with Crippen molar-refractivity contribution in [2.45, 2.75) is 44.7 Å². The second-order valence-corrected chi connectivity index (χ2v) is 7.04. The van der Waals surface area contributed by atoms with Crippen LogP contribution in [-0.2, 0) is 11.6 Å². The van der Waals surface area contributed by atoms with Crippen LogP contribution in [-0.4, -0.2) is 9.38 Å². The molecule has 0 amide bonds. The van der Waals surface area contributed by atoms with Crippen LogP contribution >= 0.6 is 23.2 Å². The van der Waals surface area contributed by atoms with E-state index < -0.39 is 17.1 Å². The number of fused-ring (bicyclic) bond motifs is 1. The minimum Gasteiger partial charge on any atom is -0.300 e. The first-order chi connectivity index (χ1) is 9.43. The number of nitrogens with zero attached hydrogens (tertiary/aromatic N) is 2. The smallest absolute Gasteiger partial charge is 0.300 e. The molecule has 2 rings (SSSR count). The van der Waals surface area contributed by atoms with Gasteiger partial charge in [-0.05, 0) is 13.0 Å². The summed E-state index contributed by atoms with van der Waals surface area (Å²) in [5.74, 6) is 0. The minimum atomic E-state index is -4.48. The molecule has 0 aromatic carbocycles. The van der Waals surface area contributed by atoms with E-state index >= 15 is 0 Å². The lowest BCUT2D eigenvalue weighted by atomic mass is 9.90. The largest absolute Gasteiger partial charge is 0.417 e. The zero-order chi connectivity index (χ0) is 16.2. The quantitative estimate of drug-likeness (QED) is 0.618. The molecule has 2 aromatic heterocycles. The average Bonchev–Trinajstić information content (AvgIpc) is 2.67. The molecule has 0 bridgehead atoms. The molecule has 0 saturated carbocycles. The maximum atomic E-state index is 12.9. The van der Waals surface area contributed by atoms with Gasteiger partial charge in [-0.1, -0.05) is 32.4 Å². The topological polar surface area (TPSA) is 17.3 Å². The van der Waals surface area contributed by atoms with Crippen LogP contribution in [0, 0.1) is 0 Å². The van der Waals surface area contributed by atoms with Gasteiger partial charge in [-0.15, -0.1) is 11.6 Å². The van der Waals surface area contributed by atoms with Crippen molar-refractivity contribution in [3.63, 3.8) is 0 Å². The van der Waals surface area contributed by atoms with Gasteiger partial charge in [0, 0.05) is 11.6 Å². The Morgan fingerprint density at radius 2 is 1.81 bits per heavy atom. The molecule has 1 unspecified atom stereocenters. The summed E-state index contributed by atoms with van der Waals surface area (Å²) in [7, 11) is 0. The van der Waals surface area contributed by atoms with Gasteiger partial charge in [0.2, 0.25) is 0 Å². The fourth-order valence-corrected chi connectivity index (χ4v) is 2.67. The summed E-state index contributed by atoms with van der Waals surface area (Å²) < 4.78 is 40.2. The van der Waals surface area contributed by atoms with Gasteiger partial charge in [0.05, 0.1) is 27.4 Å². The third-order valence-electron chi connectivity index (χ3n) is 3.13. The van der Waals surface area contributed by atoms with Crippen molar-refractivity contribution < 1.29 is 13.2 Å². The highest BCUT2D eigenvalue weighted by Crippen LogP contribution is 2.37. The van der Waals surface area contributed by atoms with E-state index in [-0.39, 0.29) is 16.1 Å². The van der Waals surface area contributed by atoms with Gasteiger partial charge in [-0.2, -0.15) is 13.2 Å². The van der Waals surface area contributed by atoms with Gasteiger partial charge < -0.3 is 4.40 Å². The molecule has 0 aliphatic rings. The van der Waals surface area contributed by atoms with Crippen LogP contribution in [0.2, 0.25) is 5.02 Å². The molecular weight excluding hydrogens is 324 g/mol. The monoisotopic (exact) mass is 338 g/mol. The SMILES string of the molecule is CC(Cl)c1c(C(C)(C)C)nc2c(Cl)cc(C(F)(F)F)cn12. The van der Waals surface area contributed by atoms with Crippen molar-refractivity contribution in [1.29, 1.82) is 0 Å². The van der Waals surface area contributed by atoms with Crippen LogP contribution < -0.4 is 0 Å². The molecule has 21 heavy (non-hydrogen) atoms. The summed E-state index contributed by atoms with van der Waals surface area (Å²) in [5, 5.41) is -0.535. The molecule has 0 aliphatic carbocycles. The first kappa shape index (κ1) is 16.4. The van der Waals surface area contributed by atoms with Crippen LogP contribution in [0.4, 0.5) is 13.2 Å². The van der Waals surface area contributed by atoms with E-state index in [4.69, 9.17) is 23.2 Å². The highest BCUT2D eigenvalue weighted by Gasteiger charge is 2.34. The van der Waals surface area contributed by atoms with Gasteiger partial charge in [-0.3, -0.25) is 0 Å². The molecule has 0 N–H and O–H groups in total. The van der Waals surface area contributed by atoms with Gasteiger partial charge in [0.25, 0.3) is 0 Å². The summed E-state index contributed by atoms with van der Waals surface area (Å²) >= 11 is 12.2. The normalized spacial score (nSPS) is 14.7. The third kappa shape index (κ3) is 2.99. The average molecular weight is 339 g/mol. The highest BCUT2D eigenvalue weighted by molar-refractivity contribution is 6.33. The van der Waals surface area contributed by atoms with Gasteiger partial charge >= 0.3 is 6.18 Å². The fraction of sp³-hybridized carbons (Fsp3) is 0.500. The van der Waals surface area contributed by atoms with E-state index in [2.05, 4.69) is 4.98 Å². The zero-order valence-electron chi connectivity index (χ0n) is 12.0. The number of imidazole rings is 1. The fourth-order valence-electron chi connectivity index (χ4n) is 2.21. The molecule has 0 aliphatic heterocycles. The standard InChI is InChI=1S/C14H15Cl2F3N2/c1-7(15)10-11(13(2,3)4)20-12-9(16)5-8(6-21(10)12)14(17,18)19/h5-7H,1-4H3. The van der Waals surface area contributed by atoms with Crippen LogP contribution in [0.15, 0.2) is 12.3 Å². The molecule has 0 saturated heterocycles. The zero-order valence-corrected chi connectivity index (χ0v) is 13.5. The lowest BCUT2D eigenvalue weighted by molar-refractivity contribution is -0.137. The predicted octanol–water partition coefficient (Wildman–Crippen LogP) is 5.60. The summed E-state index contributed by atoms with van der Waals surface area (Å²) in [6.45, 7) is 7.48. The Labute approximate surface area is 130 Å². The molecule has 2 nitrogen and oxygen atoms in total. The van der Waals surface area contributed by atoms with Gasteiger partial charge in [-0.25, -0.2) is 4.98 Å². The lowest BCUT2D eigenvalue weighted by Crippen LogP contribution is -2.15. The summed E-state index contributed by atoms with van der Waals surface area (Å²) in [5.41, 5.74) is 0.290. The van der Waals surface area contributed by atoms with Crippen molar-refractivity contribution in [3.05, 3.63) is 34.2 Å². The Balaban J connectivity index is 2.88. The summed E-state index contributed by atoms with van der Waals surface area (Å²) in [4.78, 5) is 4.41. The van der Waals surface area contributed by atoms with E-state index in [1.54, 1.807) is 6.92 Å². The molecule has 0 fully saturated rings. The van der Waals surface area contributed by atoms with Crippen LogP contribution in [0.1, 0.15) is 50.0 Å². The Morgan fingerprint density at radius 3 is 2.24 bits per heavy atom. The van der Waals surface area contributed by atoms with E-state index in [0.717, 1.165) is 12.3 Å². The number of halogens is 5.